The molecular weight excluding hydrogens is 193 g/mol. The molecule has 13 heavy (non-hydrogen) atoms. The number of carbonyl (C=O) groups excluding carboxylic acids is 2. The first kappa shape index (κ1) is 9.72. The molecule has 0 fully saturated rings. The van der Waals surface area contributed by atoms with Gasteiger partial charge in [-0.05, 0) is 0 Å². The molecule has 5 nitrogen and oxygen atoms in total. The summed E-state index contributed by atoms with van der Waals surface area (Å²) >= 11 is 0. The van der Waals surface area contributed by atoms with Gasteiger partial charge in [0.2, 0.25) is 0 Å². The van der Waals surface area contributed by atoms with Crippen LogP contribution in [0.5, 0.6) is 0 Å². The maximum absolute atomic E-state index is 11.1. The Kier molecular flexibility index (Phi) is 3.02. The number of amides is 2. The molecule has 0 N–H and O–H groups in total. The summed E-state index contributed by atoms with van der Waals surface area (Å²) in [6.07, 6.45) is 6.91. The molecule has 0 aromatic rings. The predicted octanol–water partition coefficient (Wildman–Crippen LogP) is -0.0491. The summed E-state index contributed by atoms with van der Waals surface area (Å²) in [5, 5.41) is 0. The highest BCUT2D eigenvalue weighted by Crippen LogP contribution is 2.31. The SMILES string of the molecule is C#CCO[PH](=O)N1C(=O)C=CC1=O. The van der Waals surface area contributed by atoms with Crippen molar-refractivity contribution in [3.05, 3.63) is 12.2 Å². The summed E-state index contributed by atoms with van der Waals surface area (Å²) in [4.78, 5) is 21.8. The molecule has 1 rings (SSSR count). The molecule has 0 saturated heterocycles. The smallest absolute Gasteiger partial charge is 0.295 e. The van der Waals surface area contributed by atoms with E-state index in [-0.39, 0.29) is 6.61 Å². The van der Waals surface area contributed by atoms with Crippen molar-refractivity contribution in [3.8, 4) is 12.3 Å². The number of terminal acetylenes is 1. The van der Waals surface area contributed by atoms with E-state index in [9.17, 15) is 14.2 Å². The largest absolute Gasteiger partial charge is 0.302 e. The van der Waals surface area contributed by atoms with Crippen molar-refractivity contribution in [2.45, 2.75) is 0 Å². The zero-order valence-electron chi connectivity index (χ0n) is 6.52. The first-order valence-electron chi connectivity index (χ1n) is 3.33. The first-order valence-corrected chi connectivity index (χ1v) is 4.59. The quantitative estimate of drug-likeness (QED) is 0.363. The van der Waals surface area contributed by atoms with E-state index >= 15 is 0 Å². The number of hydrogen-bond donors (Lipinski definition) is 0. The fourth-order valence-electron chi connectivity index (χ4n) is 0.748. The predicted molar refractivity (Wildman–Crippen MR) is 44.8 cm³/mol. The minimum Gasteiger partial charge on any atom is -0.302 e. The van der Waals surface area contributed by atoms with Gasteiger partial charge < -0.3 is 4.52 Å². The van der Waals surface area contributed by atoms with Crippen molar-refractivity contribution in [3.63, 3.8) is 0 Å². The van der Waals surface area contributed by atoms with Gasteiger partial charge in [0.25, 0.3) is 20.0 Å². The zero-order valence-corrected chi connectivity index (χ0v) is 7.52. The summed E-state index contributed by atoms with van der Waals surface area (Å²) in [6.45, 7) is -0.186. The van der Waals surface area contributed by atoms with Crippen LogP contribution in [0.1, 0.15) is 0 Å². The molecule has 0 radical (unpaired) electrons. The number of imide groups is 1. The summed E-state index contributed by atoms with van der Waals surface area (Å²) in [5.74, 6) is 0.818. The Morgan fingerprint density at radius 3 is 2.46 bits per heavy atom. The van der Waals surface area contributed by atoms with E-state index in [0.717, 1.165) is 12.2 Å². The minimum absolute atomic E-state index is 0.186. The van der Waals surface area contributed by atoms with Crippen molar-refractivity contribution >= 4 is 20.0 Å². The Morgan fingerprint density at radius 1 is 1.46 bits per heavy atom. The Labute approximate surface area is 75.3 Å². The highest BCUT2D eigenvalue weighted by molar-refractivity contribution is 7.38. The highest BCUT2D eigenvalue weighted by atomic mass is 31.1. The average molecular weight is 199 g/mol. The Bertz CT molecular complexity index is 323. The molecule has 0 aromatic heterocycles. The molecule has 68 valence electrons. The number of hydrogen-bond acceptors (Lipinski definition) is 4. The second-order valence-corrected chi connectivity index (χ2v) is 3.37. The standard InChI is InChI=1S/C7H6NO4P/c1-2-5-12-13(11)8-6(9)3-4-7(8)10/h1,3-4,13H,5H2. The van der Waals surface area contributed by atoms with Crippen molar-refractivity contribution in [1.29, 1.82) is 0 Å². The normalized spacial score (nSPS) is 17.6. The van der Waals surface area contributed by atoms with Gasteiger partial charge in [-0.15, -0.1) is 6.42 Å². The van der Waals surface area contributed by atoms with E-state index in [4.69, 9.17) is 6.42 Å². The fraction of sp³-hybridized carbons (Fsp3) is 0.143. The van der Waals surface area contributed by atoms with E-state index in [1.54, 1.807) is 0 Å². The van der Waals surface area contributed by atoms with Crippen LogP contribution in [0.25, 0.3) is 0 Å². The topological polar surface area (TPSA) is 63.7 Å². The molecule has 0 spiro atoms. The zero-order chi connectivity index (χ0) is 9.84. The van der Waals surface area contributed by atoms with E-state index in [1.807, 2.05) is 0 Å². The van der Waals surface area contributed by atoms with Crippen LogP contribution >= 0.6 is 8.18 Å². The maximum Gasteiger partial charge on any atom is 0.295 e. The van der Waals surface area contributed by atoms with Gasteiger partial charge in [0.05, 0.1) is 0 Å². The monoisotopic (exact) mass is 199 g/mol. The second kappa shape index (κ2) is 4.04. The van der Waals surface area contributed by atoms with Gasteiger partial charge in [0.15, 0.2) is 0 Å². The molecule has 1 atom stereocenters. The van der Waals surface area contributed by atoms with Gasteiger partial charge in [-0.1, -0.05) is 5.92 Å². The molecule has 0 bridgehead atoms. The molecule has 0 aliphatic carbocycles. The van der Waals surface area contributed by atoms with Crippen LogP contribution in [0.3, 0.4) is 0 Å². The van der Waals surface area contributed by atoms with Gasteiger partial charge in [0.1, 0.15) is 6.61 Å². The van der Waals surface area contributed by atoms with Gasteiger partial charge in [-0.3, -0.25) is 14.2 Å². The van der Waals surface area contributed by atoms with Crippen molar-refractivity contribution in [2.24, 2.45) is 0 Å². The molecule has 0 saturated carbocycles. The molecule has 2 amide bonds. The Morgan fingerprint density at radius 2 is 2.00 bits per heavy atom. The lowest BCUT2D eigenvalue weighted by Gasteiger charge is -2.11. The summed E-state index contributed by atoms with van der Waals surface area (Å²) in [7, 11) is -2.85. The van der Waals surface area contributed by atoms with Crippen LogP contribution in [-0.4, -0.2) is 23.1 Å². The second-order valence-electron chi connectivity index (χ2n) is 2.10. The lowest BCUT2D eigenvalue weighted by molar-refractivity contribution is -0.131. The van der Waals surface area contributed by atoms with Crippen LogP contribution in [0.4, 0.5) is 0 Å². The van der Waals surface area contributed by atoms with Crippen molar-refractivity contribution in [1.82, 2.24) is 4.67 Å². The molecule has 6 heteroatoms. The molecule has 0 aromatic carbocycles. The number of carbonyl (C=O) groups is 2. The lowest BCUT2D eigenvalue weighted by Crippen LogP contribution is -2.22. The lowest BCUT2D eigenvalue weighted by atomic mass is 10.6. The van der Waals surface area contributed by atoms with E-state index in [1.165, 1.54) is 0 Å². The van der Waals surface area contributed by atoms with E-state index in [2.05, 4.69) is 10.4 Å². The van der Waals surface area contributed by atoms with Gasteiger partial charge in [0, 0.05) is 12.2 Å². The van der Waals surface area contributed by atoms with Crippen LogP contribution < -0.4 is 0 Å². The molecule has 1 heterocycles. The van der Waals surface area contributed by atoms with Crippen LogP contribution in [-0.2, 0) is 18.7 Å². The molecule has 1 aliphatic rings. The summed E-state index contributed by atoms with van der Waals surface area (Å²) in [6, 6.07) is 0. The van der Waals surface area contributed by atoms with Crippen LogP contribution in [0.2, 0.25) is 0 Å². The highest BCUT2D eigenvalue weighted by Gasteiger charge is 2.28. The third-order valence-electron chi connectivity index (χ3n) is 1.27. The van der Waals surface area contributed by atoms with Gasteiger partial charge in [-0.25, -0.2) is 4.67 Å². The minimum atomic E-state index is -2.85. The maximum atomic E-state index is 11.1. The average Bonchev–Trinajstić information content (AvgIpc) is 2.42. The molecule has 1 unspecified atom stereocenters. The first-order chi connectivity index (χ1) is 6.16. The summed E-state index contributed by atoms with van der Waals surface area (Å²) in [5.41, 5.74) is 0. The van der Waals surface area contributed by atoms with Gasteiger partial charge in [-0.2, -0.15) is 0 Å². The molecule has 1 aliphatic heterocycles. The van der Waals surface area contributed by atoms with Crippen LogP contribution in [0, 0.1) is 12.3 Å². The third kappa shape index (κ3) is 2.05. The molecular formula is C7H6NO4P. The van der Waals surface area contributed by atoms with E-state index < -0.39 is 20.0 Å². The van der Waals surface area contributed by atoms with Crippen molar-refractivity contribution < 1.29 is 18.7 Å². The Hall–Kier alpha value is -1.37. The fourth-order valence-corrected chi connectivity index (χ4v) is 1.59. The number of rotatable bonds is 3. The third-order valence-corrected chi connectivity index (χ3v) is 2.47. The number of nitrogens with zero attached hydrogens (tertiary/aromatic N) is 1. The summed E-state index contributed by atoms with van der Waals surface area (Å²) < 4.78 is 16.3. The Balaban J connectivity index is 2.63. The van der Waals surface area contributed by atoms with Crippen molar-refractivity contribution in [2.75, 3.05) is 6.61 Å². The van der Waals surface area contributed by atoms with Gasteiger partial charge >= 0.3 is 0 Å². The van der Waals surface area contributed by atoms with Crippen LogP contribution in [0.15, 0.2) is 12.2 Å². The van der Waals surface area contributed by atoms with E-state index in [0.29, 0.717) is 4.67 Å².